The number of aryl methyl sites for hydroxylation is 2. The molecule has 1 rings (SSSR count). The van der Waals surface area contributed by atoms with E-state index in [1.165, 1.54) is 14.2 Å². The number of aliphatic hydroxyl groups is 1. The van der Waals surface area contributed by atoms with Crippen molar-refractivity contribution in [3.05, 3.63) is 34.9 Å². The molecule has 0 aliphatic heterocycles. The molecule has 0 saturated heterocycles. The largest absolute Gasteiger partial charge is 0.380 e. The fourth-order valence-electron chi connectivity index (χ4n) is 1.96. The van der Waals surface area contributed by atoms with Gasteiger partial charge in [-0.05, 0) is 31.9 Å². The first-order valence-electron chi connectivity index (χ1n) is 5.29. The van der Waals surface area contributed by atoms with Crippen molar-refractivity contribution in [1.29, 1.82) is 0 Å². The minimum Gasteiger partial charge on any atom is -0.380 e. The van der Waals surface area contributed by atoms with Crippen LogP contribution in [0.1, 0.15) is 23.6 Å². The lowest BCUT2D eigenvalue weighted by atomic mass is 9.90. The van der Waals surface area contributed by atoms with Crippen LogP contribution in [0.4, 0.5) is 0 Å². The summed E-state index contributed by atoms with van der Waals surface area (Å²) < 4.78 is 10.3. The molecule has 0 saturated carbocycles. The maximum Gasteiger partial charge on any atom is 0.189 e. The van der Waals surface area contributed by atoms with E-state index in [0.29, 0.717) is 0 Å². The Balaban J connectivity index is 3.19. The Morgan fingerprint density at radius 3 is 2.25 bits per heavy atom. The van der Waals surface area contributed by atoms with Crippen LogP contribution in [0.3, 0.4) is 0 Å². The van der Waals surface area contributed by atoms with Crippen LogP contribution in [0, 0.1) is 13.8 Å². The van der Waals surface area contributed by atoms with Gasteiger partial charge in [-0.15, -0.1) is 0 Å². The normalized spacial score (nSPS) is 15.2. The molecule has 0 amide bonds. The van der Waals surface area contributed by atoms with Crippen molar-refractivity contribution in [2.45, 2.75) is 32.7 Å². The second-order valence-corrected chi connectivity index (χ2v) is 4.27. The monoisotopic (exact) mass is 224 g/mol. The van der Waals surface area contributed by atoms with E-state index >= 15 is 0 Å². The second kappa shape index (κ2) is 4.95. The molecule has 1 aromatic rings. The van der Waals surface area contributed by atoms with E-state index in [9.17, 15) is 5.11 Å². The van der Waals surface area contributed by atoms with E-state index in [1.807, 2.05) is 32.0 Å². The van der Waals surface area contributed by atoms with E-state index in [4.69, 9.17) is 9.47 Å². The van der Waals surface area contributed by atoms with Gasteiger partial charge >= 0.3 is 0 Å². The van der Waals surface area contributed by atoms with Gasteiger partial charge in [-0.3, -0.25) is 0 Å². The summed E-state index contributed by atoms with van der Waals surface area (Å²) >= 11 is 0. The van der Waals surface area contributed by atoms with Gasteiger partial charge in [-0.25, -0.2) is 0 Å². The Morgan fingerprint density at radius 2 is 1.75 bits per heavy atom. The first-order chi connectivity index (χ1) is 7.43. The Morgan fingerprint density at radius 1 is 1.19 bits per heavy atom. The van der Waals surface area contributed by atoms with Gasteiger partial charge in [0.2, 0.25) is 0 Å². The summed E-state index contributed by atoms with van der Waals surface area (Å²) in [5.74, 6) is 0. The Labute approximate surface area is 97.0 Å². The van der Waals surface area contributed by atoms with Gasteiger partial charge in [0, 0.05) is 14.2 Å². The molecule has 0 aliphatic rings. The van der Waals surface area contributed by atoms with Crippen molar-refractivity contribution in [2.75, 3.05) is 14.2 Å². The minimum atomic E-state index is -1.15. The van der Waals surface area contributed by atoms with Crippen molar-refractivity contribution in [3.8, 4) is 0 Å². The molecular weight excluding hydrogens is 204 g/mol. The van der Waals surface area contributed by atoms with Crippen LogP contribution in [-0.4, -0.2) is 25.6 Å². The molecule has 90 valence electrons. The fourth-order valence-corrected chi connectivity index (χ4v) is 1.96. The van der Waals surface area contributed by atoms with Crippen LogP contribution < -0.4 is 0 Å². The van der Waals surface area contributed by atoms with Gasteiger partial charge in [0.15, 0.2) is 6.29 Å². The van der Waals surface area contributed by atoms with Crippen molar-refractivity contribution >= 4 is 0 Å². The van der Waals surface area contributed by atoms with Gasteiger partial charge in [0.05, 0.1) is 0 Å². The van der Waals surface area contributed by atoms with Gasteiger partial charge in [-0.2, -0.15) is 0 Å². The highest BCUT2D eigenvalue weighted by molar-refractivity contribution is 5.35. The molecule has 1 aromatic carbocycles. The molecule has 0 heterocycles. The summed E-state index contributed by atoms with van der Waals surface area (Å²) in [6.07, 6.45) is -0.673. The lowest BCUT2D eigenvalue weighted by Gasteiger charge is -2.32. The zero-order valence-electron chi connectivity index (χ0n) is 10.6. The average molecular weight is 224 g/mol. The lowest BCUT2D eigenvalue weighted by molar-refractivity contribution is -0.213. The van der Waals surface area contributed by atoms with E-state index in [2.05, 4.69) is 0 Å². The Kier molecular flexibility index (Phi) is 4.08. The van der Waals surface area contributed by atoms with E-state index in [1.54, 1.807) is 6.92 Å². The molecule has 3 nitrogen and oxygen atoms in total. The lowest BCUT2D eigenvalue weighted by Crippen LogP contribution is -2.39. The summed E-state index contributed by atoms with van der Waals surface area (Å²) in [5, 5.41) is 10.5. The smallest absolute Gasteiger partial charge is 0.189 e. The summed E-state index contributed by atoms with van der Waals surface area (Å²) in [6, 6.07) is 5.96. The third kappa shape index (κ3) is 2.43. The maximum absolute atomic E-state index is 10.5. The van der Waals surface area contributed by atoms with Crippen LogP contribution in [0.5, 0.6) is 0 Å². The molecule has 0 aliphatic carbocycles. The second-order valence-electron chi connectivity index (χ2n) is 4.27. The highest BCUT2D eigenvalue weighted by atomic mass is 16.7. The number of hydrogen-bond acceptors (Lipinski definition) is 3. The molecule has 0 radical (unpaired) electrons. The van der Waals surface area contributed by atoms with Crippen molar-refractivity contribution in [1.82, 2.24) is 0 Å². The topological polar surface area (TPSA) is 38.7 Å². The number of methoxy groups -OCH3 is 2. The zero-order valence-corrected chi connectivity index (χ0v) is 10.6. The minimum absolute atomic E-state index is 0.673. The fraction of sp³-hybridized carbons (Fsp3) is 0.538. The van der Waals surface area contributed by atoms with Gasteiger partial charge in [0.1, 0.15) is 5.60 Å². The number of benzene rings is 1. The van der Waals surface area contributed by atoms with Gasteiger partial charge < -0.3 is 14.6 Å². The molecule has 0 spiro atoms. The first kappa shape index (κ1) is 13.2. The van der Waals surface area contributed by atoms with Gasteiger partial charge in [0.25, 0.3) is 0 Å². The highest BCUT2D eigenvalue weighted by Crippen LogP contribution is 2.30. The summed E-state index contributed by atoms with van der Waals surface area (Å²) in [7, 11) is 3.04. The molecular formula is C13H20O3. The van der Waals surface area contributed by atoms with Crippen LogP contribution in [0.15, 0.2) is 18.2 Å². The van der Waals surface area contributed by atoms with Crippen LogP contribution in [0.2, 0.25) is 0 Å². The predicted molar refractivity (Wildman–Crippen MR) is 63.3 cm³/mol. The summed E-state index contributed by atoms with van der Waals surface area (Å²) in [6.45, 7) is 5.66. The van der Waals surface area contributed by atoms with Gasteiger partial charge in [-0.1, -0.05) is 23.8 Å². The zero-order chi connectivity index (χ0) is 12.3. The van der Waals surface area contributed by atoms with Crippen LogP contribution in [0.25, 0.3) is 0 Å². The number of rotatable bonds is 4. The number of hydrogen-bond donors (Lipinski definition) is 1. The first-order valence-corrected chi connectivity index (χ1v) is 5.29. The van der Waals surface area contributed by atoms with Crippen molar-refractivity contribution in [3.63, 3.8) is 0 Å². The van der Waals surface area contributed by atoms with Crippen LogP contribution >= 0.6 is 0 Å². The molecule has 0 bridgehead atoms. The molecule has 0 fully saturated rings. The summed E-state index contributed by atoms with van der Waals surface area (Å²) in [4.78, 5) is 0. The molecule has 1 N–H and O–H groups in total. The highest BCUT2D eigenvalue weighted by Gasteiger charge is 2.35. The van der Waals surface area contributed by atoms with E-state index < -0.39 is 11.9 Å². The molecule has 3 heteroatoms. The van der Waals surface area contributed by atoms with E-state index in [0.717, 1.165) is 16.7 Å². The van der Waals surface area contributed by atoms with Crippen LogP contribution in [-0.2, 0) is 15.1 Å². The maximum atomic E-state index is 10.5. The SMILES string of the molecule is COC(OC)C(C)(O)c1cc(C)ccc1C. The third-order valence-electron chi connectivity index (χ3n) is 2.83. The standard InChI is InChI=1S/C13H20O3/c1-9-6-7-10(2)11(8-9)13(3,14)12(15-4)16-5/h6-8,12,14H,1-5H3. The molecule has 0 aromatic heterocycles. The summed E-state index contributed by atoms with van der Waals surface area (Å²) in [5.41, 5.74) is 1.81. The predicted octanol–water partition coefficient (Wildman–Crippen LogP) is 2.13. The average Bonchev–Trinajstić information content (AvgIpc) is 2.23. The van der Waals surface area contributed by atoms with Crippen molar-refractivity contribution < 1.29 is 14.6 Å². The number of ether oxygens (including phenoxy) is 2. The molecule has 1 atom stereocenters. The Bertz CT molecular complexity index is 354. The Hall–Kier alpha value is -0.900. The van der Waals surface area contributed by atoms with E-state index in [-0.39, 0.29) is 0 Å². The quantitative estimate of drug-likeness (QED) is 0.796. The third-order valence-corrected chi connectivity index (χ3v) is 2.83. The molecule has 16 heavy (non-hydrogen) atoms. The van der Waals surface area contributed by atoms with Crippen molar-refractivity contribution in [2.24, 2.45) is 0 Å². The molecule has 1 unspecified atom stereocenters.